The summed E-state index contributed by atoms with van der Waals surface area (Å²) in [4.78, 5) is 12.3. The third-order valence-electron chi connectivity index (χ3n) is 4.21. The van der Waals surface area contributed by atoms with E-state index in [1.807, 2.05) is 0 Å². The molecule has 1 saturated carbocycles. The summed E-state index contributed by atoms with van der Waals surface area (Å²) < 4.78 is 0. The summed E-state index contributed by atoms with van der Waals surface area (Å²) in [6.45, 7) is 7.54. The minimum atomic E-state index is 0.237. The van der Waals surface area contributed by atoms with Crippen LogP contribution in [0.15, 0.2) is 0 Å². The highest BCUT2D eigenvalue weighted by Gasteiger charge is 2.24. The Bertz CT molecular complexity index is 241. The van der Waals surface area contributed by atoms with Crippen molar-refractivity contribution in [2.45, 2.75) is 84.2 Å². The molecular weight excluding hydrogens is 236 g/mol. The van der Waals surface area contributed by atoms with Crippen LogP contribution in [0.5, 0.6) is 0 Å². The van der Waals surface area contributed by atoms with E-state index in [1.54, 1.807) is 0 Å². The predicted octanol–water partition coefficient (Wildman–Crippen LogP) is 3.24. The van der Waals surface area contributed by atoms with Gasteiger partial charge in [-0.25, -0.2) is 0 Å². The van der Waals surface area contributed by atoms with Crippen LogP contribution in [0.25, 0.3) is 0 Å². The molecule has 0 aromatic heterocycles. The molecule has 0 radical (unpaired) electrons. The molecule has 1 rings (SSSR count). The second-order valence-corrected chi connectivity index (χ2v) is 5.89. The lowest BCUT2D eigenvalue weighted by molar-refractivity contribution is -0.126. The van der Waals surface area contributed by atoms with E-state index in [9.17, 15) is 4.79 Å². The predicted molar refractivity (Wildman–Crippen MR) is 81.2 cm³/mol. The summed E-state index contributed by atoms with van der Waals surface area (Å²) in [5, 5.41) is 6.79. The lowest BCUT2D eigenvalue weighted by Gasteiger charge is -2.30. The van der Waals surface area contributed by atoms with Gasteiger partial charge in [0.2, 0.25) is 5.91 Å². The third kappa shape index (κ3) is 5.94. The molecule has 0 spiro atoms. The molecule has 0 saturated heterocycles. The lowest BCUT2D eigenvalue weighted by Crippen LogP contribution is -2.44. The van der Waals surface area contributed by atoms with Gasteiger partial charge < -0.3 is 10.6 Å². The van der Waals surface area contributed by atoms with E-state index in [4.69, 9.17) is 0 Å². The second kappa shape index (κ2) is 9.35. The fraction of sp³-hybridized carbons (Fsp3) is 0.938. The first-order valence-corrected chi connectivity index (χ1v) is 8.24. The van der Waals surface area contributed by atoms with E-state index in [0.717, 1.165) is 45.1 Å². The Labute approximate surface area is 118 Å². The first-order valence-electron chi connectivity index (χ1n) is 8.24. The van der Waals surface area contributed by atoms with E-state index >= 15 is 0 Å². The molecule has 3 heteroatoms. The van der Waals surface area contributed by atoms with E-state index in [1.165, 1.54) is 12.8 Å². The van der Waals surface area contributed by atoms with Crippen molar-refractivity contribution >= 4 is 5.91 Å². The Morgan fingerprint density at radius 1 is 1.00 bits per heavy atom. The monoisotopic (exact) mass is 268 g/mol. The SMILES string of the molecule is CCCC(CCC)C(=O)NC1CCC(NCC)CC1. The fourth-order valence-corrected chi connectivity index (χ4v) is 3.15. The second-order valence-electron chi connectivity index (χ2n) is 5.89. The minimum absolute atomic E-state index is 0.237. The molecule has 19 heavy (non-hydrogen) atoms. The van der Waals surface area contributed by atoms with E-state index in [2.05, 4.69) is 31.4 Å². The summed E-state index contributed by atoms with van der Waals surface area (Å²) in [6.07, 6.45) is 8.94. The van der Waals surface area contributed by atoms with Gasteiger partial charge in [0.05, 0.1) is 0 Å². The number of hydrogen-bond acceptors (Lipinski definition) is 2. The van der Waals surface area contributed by atoms with Gasteiger partial charge in [-0.2, -0.15) is 0 Å². The van der Waals surface area contributed by atoms with Crippen LogP contribution in [0, 0.1) is 5.92 Å². The highest BCUT2D eigenvalue weighted by atomic mass is 16.1. The number of nitrogens with one attached hydrogen (secondary N) is 2. The lowest BCUT2D eigenvalue weighted by atomic mass is 9.90. The van der Waals surface area contributed by atoms with Crippen molar-refractivity contribution in [3.8, 4) is 0 Å². The smallest absolute Gasteiger partial charge is 0.223 e. The number of carbonyl (C=O) groups is 1. The van der Waals surface area contributed by atoms with Crippen molar-refractivity contribution in [2.24, 2.45) is 5.92 Å². The summed E-state index contributed by atoms with van der Waals surface area (Å²) in [5.74, 6) is 0.539. The first-order chi connectivity index (χ1) is 9.21. The van der Waals surface area contributed by atoms with Gasteiger partial charge in [0.1, 0.15) is 0 Å². The van der Waals surface area contributed by atoms with Crippen molar-refractivity contribution in [1.29, 1.82) is 0 Å². The molecule has 0 aromatic carbocycles. The van der Waals surface area contributed by atoms with Crippen LogP contribution in [0.4, 0.5) is 0 Å². The molecule has 0 heterocycles. The van der Waals surface area contributed by atoms with Crippen molar-refractivity contribution in [3.63, 3.8) is 0 Å². The molecule has 1 aliphatic carbocycles. The van der Waals surface area contributed by atoms with Gasteiger partial charge in [0.25, 0.3) is 0 Å². The highest BCUT2D eigenvalue weighted by molar-refractivity contribution is 5.78. The third-order valence-corrected chi connectivity index (χ3v) is 4.21. The van der Waals surface area contributed by atoms with Gasteiger partial charge in [0, 0.05) is 18.0 Å². The zero-order chi connectivity index (χ0) is 14.1. The minimum Gasteiger partial charge on any atom is -0.353 e. The van der Waals surface area contributed by atoms with Crippen LogP contribution >= 0.6 is 0 Å². The number of hydrogen-bond donors (Lipinski definition) is 2. The van der Waals surface area contributed by atoms with Crippen molar-refractivity contribution in [2.75, 3.05) is 6.54 Å². The molecule has 2 N–H and O–H groups in total. The zero-order valence-corrected chi connectivity index (χ0v) is 13.0. The molecule has 3 nitrogen and oxygen atoms in total. The standard InChI is InChI=1S/C16H32N2O/c1-4-7-13(8-5-2)16(19)18-15-11-9-14(10-12-15)17-6-3/h13-15,17H,4-12H2,1-3H3,(H,18,19). The summed E-state index contributed by atoms with van der Waals surface area (Å²) in [6, 6.07) is 1.08. The van der Waals surface area contributed by atoms with Crippen molar-refractivity contribution < 1.29 is 4.79 Å². The maximum atomic E-state index is 12.3. The normalized spacial score (nSPS) is 23.6. The molecule has 1 aliphatic rings. The number of carbonyl (C=O) groups excluding carboxylic acids is 1. The summed E-state index contributed by atoms with van der Waals surface area (Å²) >= 11 is 0. The van der Waals surface area contributed by atoms with Gasteiger partial charge in [-0.15, -0.1) is 0 Å². The molecule has 0 unspecified atom stereocenters. The maximum Gasteiger partial charge on any atom is 0.223 e. The molecule has 1 amide bonds. The molecule has 112 valence electrons. The van der Waals surface area contributed by atoms with E-state index in [0.29, 0.717) is 18.0 Å². The van der Waals surface area contributed by atoms with E-state index in [-0.39, 0.29) is 5.92 Å². The average molecular weight is 268 g/mol. The molecular formula is C16H32N2O. The van der Waals surface area contributed by atoms with Gasteiger partial charge >= 0.3 is 0 Å². The maximum absolute atomic E-state index is 12.3. The Hall–Kier alpha value is -0.570. The van der Waals surface area contributed by atoms with Crippen LogP contribution in [-0.4, -0.2) is 24.5 Å². The Morgan fingerprint density at radius 2 is 1.53 bits per heavy atom. The topological polar surface area (TPSA) is 41.1 Å². The van der Waals surface area contributed by atoms with Crippen LogP contribution in [-0.2, 0) is 4.79 Å². The Balaban J connectivity index is 2.32. The summed E-state index contributed by atoms with van der Waals surface area (Å²) in [5.41, 5.74) is 0. The summed E-state index contributed by atoms with van der Waals surface area (Å²) in [7, 11) is 0. The molecule has 0 bridgehead atoms. The quantitative estimate of drug-likeness (QED) is 0.709. The fourth-order valence-electron chi connectivity index (χ4n) is 3.15. The largest absolute Gasteiger partial charge is 0.353 e. The molecule has 0 atom stereocenters. The van der Waals surface area contributed by atoms with Gasteiger partial charge in [-0.1, -0.05) is 33.6 Å². The van der Waals surface area contributed by atoms with Crippen molar-refractivity contribution in [3.05, 3.63) is 0 Å². The Kier molecular flexibility index (Phi) is 8.11. The number of amides is 1. The zero-order valence-electron chi connectivity index (χ0n) is 13.0. The molecule has 1 fully saturated rings. The Morgan fingerprint density at radius 3 is 2.00 bits per heavy atom. The van der Waals surface area contributed by atoms with Crippen molar-refractivity contribution in [1.82, 2.24) is 10.6 Å². The van der Waals surface area contributed by atoms with Gasteiger partial charge in [-0.3, -0.25) is 4.79 Å². The molecule has 0 aromatic rings. The van der Waals surface area contributed by atoms with Crippen LogP contribution in [0.3, 0.4) is 0 Å². The van der Waals surface area contributed by atoms with Crippen LogP contribution in [0.2, 0.25) is 0 Å². The molecule has 0 aliphatic heterocycles. The van der Waals surface area contributed by atoms with Crippen LogP contribution < -0.4 is 10.6 Å². The van der Waals surface area contributed by atoms with Gasteiger partial charge in [0.15, 0.2) is 0 Å². The number of rotatable bonds is 8. The average Bonchev–Trinajstić information content (AvgIpc) is 2.41. The highest BCUT2D eigenvalue weighted by Crippen LogP contribution is 2.20. The first kappa shape index (κ1) is 16.5. The van der Waals surface area contributed by atoms with Crippen LogP contribution in [0.1, 0.15) is 72.1 Å². The van der Waals surface area contributed by atoms with Gasteiger partial charge in [-0.05, 0) is 45.1 Å². The van der Waals surface area contributed by atoms with E-state index < -0.39 is 0 Å².